The predicted octanol–water partition coefficient (Wildman–Crippen LogP) is 0.768. The summed E-state index contributed by atoms with van der Waals surface area (Å²) in [5.41, 5.74) is 2.60. The van der Waals surface area contributed by atoms with Gasteiger partial charge in [0.25, 0.3) is 5.91 Å². The maximum absolute atomic E-state index is 12.7. The molecular weight excluding hydrogens is 394 g/mol. The second-order valence-corrected chi connectivity index (χ2v) is 7.99. The van der Waals surface area contributed by atoms with Gasteiger partial charge in [0.15, 0.2) is 18.1 Å². The van der Waals surface area contributed by atoms with Crippen molar-refractivity contribution in [1.82, 2.24) is 9.80 Å². The van der Waals surface area contributed by atoms with Crippen molar-refractivity contribution in [1.29, 1.82) is 0 Å². The van der Waals surface area contributed by atoms with Crippen LogP contribution in [0.2, 0.25) is 0 Å². The van der Waals surface area contributed by atoms with Crippen LogP contribution in [0, 0.1) is 6.92 Å². The highest BCUT2D eigenvalue weighted by atomic mass is 16.5. The Morgan fingerprint density at radius 1 is 1.06 bits per heavy atom. The van der Waals surface area contributed by atoms with Crippen molar-refractivity contribution < 1.29 is 24.0 Å². The van der Waals surface area contributed by atoms with Crippen LogP contribution in [0.4, 0.5) is 0 Å². The molecular formula is C24H32N3O4+. The molecule has 1 heterocycles. The largest absolute Gasteiger partial charge is 0.493 e. The molecule has 1 saturated heterocycles. The molecule has 0 bridgehead atoms. The molecule has 0 radical (unpaired) electrons. The van der Waals surface area contributed by atoms with Gasteiger partial charge in [-0.3, -0.25) is 9.59 Å². The Balaban J connectivity index is 1.42. The molecule has 2 aromatic carbocycles. The van der Waals surface area contributed by atoms with Crippen LogP contribution in [0.5, 0.6) is 11.5 Å². The van der Waals surface area contributed by atoms with Gasteiger partial charge in [0.05, 0.1) is 39.8 Å². The number of para-hydroxylation sites is 2. The number of quaternary nitrogens is 1. The summed E-state index contributed by atoms with van der Waals surface area (Å²) >= 11 is 0. The van der Waals surface area contributed by atoms with Crippen LogP contribution in [-0.4, -0.2) is 75.1 Å². The molecule has 1 aliphatic rings. The molecule has 3 rings (SSSR count). The molecule has 0 aromatic heterocycles. The molecule has 166 valence electrons. The number of hydrogen-bond donors (Lipinski definition) is 1. The highest BCUT2D eigenvalue weighted by Gasteiger charge is 2.25. The Hall–Kier alpha value is -3.06. The number of likely N-dealkylation sites (N-methyl/N-ethyl adjacent to an activating group) is 1. The lowest BCUT2D eigenvalue weighted by molar-refractivity contribution is -0.917. The molecule has 2 aromatic rings. The Kier molecular flexibility index (Phi) is 7.89. The predicted molar refractivity (Wildman–Crippen MR) is 118 cm³/mol. The summed E-state index contributed by atoms with van der Waals surface area (Å²) in [6, 6.07) is 15.7. The first kappa shape index (κ1) is 22.6. The molecule has 0 atom stereocenters. The minimum atomic E-state index is -0.247. The first-order valence-corrected chi connectivity index (χ1v) is 10.6. The Morgan fingerprint density at radius 3 is 2.45 bits per heavy atom. The molecule has 0 aliphatic carbocycles. The maximum atomic E-state index is 12.7. The van der Waals surface area contributed by atoms with Crippen molar-refractivity contribution in [2.24, 2.45) is 0 Å². The van der Waals surface area contributed by atoms with E-state index in [0.29, 0.717) is 24.6 Å². The van der Waals surface area contributed by atoms with Gasteiger partial charge in [0, 0.05) is 12.6 Å². The minimum absolute atomic E-state index is 0.0252. The smallest absolute Gasteiger partial charge is 0.260 e. The van der Waals surface area contributed by atoms with Gasteiger partial charge in [0.2, 0.25) is 5.91 Å². The van der Waals surface area contributed by atoms with E-state index >= 15 is 0 Å². The third-order valence-corrected chi connectivity index (χ3v) is 5.58. The quantitative estimate of drug-likeness (QED) is 0.677. The summed E-state index contributed by atoms with van der Waals surface area (Å²) in [6.45, 7) is 6.23. The summed E-state index contributed by atoms with van der Waals surface area (Å²) in [5, 5.41) is 0. The normalized spacial score (nSPS) is 14.2. The molecule has 31 heavy (non-hydrogen) atoms. The summed E-state index contributed by atoms with van der Waals surface area (Å²) < 4.78 is 10.8. The average molecular weight is 427 g/mol. The summed E-state index contributed by atoms with van der Waals surface area (Å²) in [7, 11) is 3.18. The zero-order chi connectivity index (χ0) is 22.2. The van der Waals surface area contributed by atoms with Crippen LogP contribution < -0.4 is 14.4 Å². The van der Waals surface area contributed by atoms with Crippen LogP contribution in [-0.2, 0) is 16.1 Å². The number of aryl methyl sites for hydroxylation is 1. The van der Waals surface area contributed by atoms with E-state index in [1.807, 2.05) is 17.0 Å². The van der Waals surface area contributed by atoms with E-state index < -0.39 is 0 Å². The number of nitrogens with one attached hydrogen (secondary N) is 1. The molecule has 7 heteroatoms. The number of hydrogen-bond acceptors (Lipinski definition) is 4. The summed E-state index contributed by atoms with van der Waals surface area (Å²) in [4.78, 5) is 29.8. The molecule has 7 nitrogen and oxygen atoms in total. The van der Waals surface area contributed by atoms with Gasteiger partial charge in [-0.25, -0.2) is 0 Å². The van der Waals surface area contributed by atoms with Crippen molar-refractivity contribution in [3.63, 3.8) is 0 Å². The van der Waals surface area contributed by atoms with Crippen molar-refractivity contribution in [2.45, 2.75) is 13.5 Å². The molecule has 0 spiro atoms. The van der Waals surface area contributed by atoms with Crippen LogP contribution in [0.15, 0.2) is 48.5 Å². The van der Waals surface area contributed by atoms with E-state index in [9.17, 15) is 9.59 Å². The Morgan fingerprint density at radius 2 is 1.77 bits per heavy atom. The zero-order valence-corrected chi connectivity index (χ0v) is 18.6. The van der Waals surface area contributed by atoms with Crippen molar-refractivity contribution in [3.05, 3.63) is 59.7 Å². The van der Waals surface area contributed by atoms with Gasteiger partial charge in [0.1, 0.15) is 6.54 Å². The SMILES string of the molecule is COc1ccccc1OCC(=O)N(C)CC(=O)N1CC[NH+](Cc2cccc(C)c2)CC1. The standard InChI is InChI=1S/C24H31N3O4/c1-19-7-6-8-20(15-19)16-26-11-13-27(14-12-26)23(28)17-25(2)24(29)18-31-22-10-5-4-9-21(22)30-3/h4-10,15H,11-14,16-18H2,1-3H3/p+1. The number of ether oxygens (including phenoxy) is 2. The van der Waals surface area contributed by atoms with Gasteiger partial charge < -0.3 is 24.2 Å². The third kappa shape index (κ3) is 6.46. The fraction of sp³-hybridized carbons (Fsp3) is 0.417. The first-order chi connectivity index (χ1) is 15.0. The number of methoxy groups -OCH3 is 1. The van der Waals surface area contributed by atoms with Crippen molar-refractivity contribution in [2.75, 3.05) is 53.5 Å². The van der Waals surface area contributed by atoms with E-state index in [0.717, 1.165) is 19.6 Å². The van der Waals surface area contributed by atoms with E-state index in [4.69, 9.17) is 9.47 Å². The van der Waals surface area contributed by atoms with Crippen LogP contribution in [0.25, 0.3) is 0 Å². The highest BCUT2D eigenvalue weighted by Crippen LogP contribution is 2.25. The van der Waals surface area contributed by atoms with Crippen LogP contribution in [0.1, 0.15) is 11.1 Å². The van der Waals surface area contributed by atoms with Crippen LogP contribution in [0.3, 0.4) is 0 Å². The van der Waals surface area contributed by atoms with E-state index in [-0.39, 0.29) is 25.0 Å². The van der Waals surface area contributed by atoms with Crippen molar-refractivity contribution in [3.8, 4) is 11.5 Å². The van der Waals surface area contributed by atoms with Gasteiger partial charge >= 0.3 is 0 Å². The first-order valence-electron chi connectivity index (χ1n) is 10.6. The van der Waals surface area contributed by atoms with E-state index in [2.05, 4.69) is 31.2 Å². The second-order valence-electron chi connectivity index (χ2n) is 7.99. The average Bonchev–Trinajstić information content (AvgIpc) is 2.78. The minimum Gasteiger partial charge on any atom is -0.493 e. The monoisotopic (exact) mass is 426 g/mol. The molecule has 2 amide bonds. The number of piperazine rings is 1. The number of carbonyl (C=O) groups excluding carboxylic acids is 2. The fourth-order valence-electron chi connectivity index (χ4n) is 3.74. The number of carbonyl (C=O) groups is 2. The molecule has 1 fully saturated rings. The van der Waals surface area contributed by atoms with Gasteiger partial charge in [-0.2, -0.15) is 0 Å². The van der Waals surface area contributed by atoms with E-state index in [1.165, 1.54) is 20.9 Å². The Labute approximate surface area is 184 Å². The molecule has 0 saturated carbocycles. The lowest BCUT2D eigenvalue weighted by Crippen LogP contribution is -3.13. The molecule has 0 unspecified atom stereocenters. The summed E-state index contributed by atoms with van der Waals surface area (Å²) in [5.74, 6) is 0.802. The summed E-state index contributed by atoms with van der Waals surface area (Å²) in [6.07, 6.45) is 0. The van der Waals surface area contributed by atoms with E-state index in [1.54, 1.807) is 26.3 Å². The lowest BCUT2D eigenvalue weighted by atomic mass is 10.1. The van der Waals surface area contributed by atoms with Crippen LogP contribution >= 0.6 is 0 Å². The Bertz CT molecular complexity index is 894. The van der Waals surface area contributed by atoms with Gasteiger partial charge in [-0.1, -0.05) is 42.0 Å². The topological polar surface area (TPSA) is 63.5 Å². The zero-order valence-electron chi connectivity index (χ0n) is 18.6. The van der Waals surface area contributed by atoms with Gasteiger partial charge in [-0.15, -0.1) is 0 Å². The molecule has 1 aliphatic heterocycles. The number of rotatable bonds is 8. The highest BCUT2D eigenvalue weighted by molar-refractivity contribution is 5.85. The van der Waals surface area contributed by atoms with Crippen molar-refractivity contribution >= 4 is 11.8 Å². The molecule has 1 N–H and O–H groups in total. The number of nitrogens with zero attached hydrogens (tertiary/aromatic N) is 2. The number of benzene rings is 2. The number of amides is 2. The maximum Gasteiger partial charge on any atom is 0.260 e. The lowest BCUT2D eigenvalue weighted by Gasteiger charge is -2.33. The fourth-order valence-corrected chi connectivity index (χ4v) is 3.74. The van der Waals surface area contributed by atoms with Gasteiger partial charge in [-0.05, 0) is 19.1 Å². The third-order valence-electron chi connectivity index (χ3n) is 5.58. The second kappa shape index (κ2) is 10.8.